The lowest BCUT2D eigenvalue weighted by Crippen LogP contribution is -2.45. The van der Waals surface area contributed by atoms with Gasteiger partial charge in [0, 0.05) is 13.0 Å². The van der Waals surface area contributed by atoms with E-state index in [4.69, 9.17) is 14.8 Å². The fraction of sp³-hybridized carbons (Fsp3) is 0.660. The molecule has 59 heavy (non-hydrogen) atoms. The first-order valence-corrected chi connectivity index (χ1v) is 24.9. The third-order valence-electron chi connectivity index (χ3n) is 9.64. The summed E-state index contributed by atoms with van der Waals surface area (Å²) in [6.45, 7) is 3.96. The molecule has 3 atom stereocenters. The molecule has 5 N–H and O–H groups in total. The van der Waals surface area contributed by atoms with Crippen LogP contribution in [0.15, 0.2) is 97.2 Å². The molecule has 8 nitrogen and oxygen atoms in total. The third-order valence-corrected chi connectivity index (χ3v) is 10.6. The Morgan fingerprint density at radius 2 is 1.00 bits per heavy atom. The van der Waals surface area contributed by atoms with Crippen LogP contribution in [0.25, 0.3) is 0 Å². The van der Waals surface area contributed by atoms with E-state index in [-0.39, 0.29) is 25.7 Å². The molecule has 9 heteroatoms. The molecule has 0 aliphatic carbocycles. The second kappa shape index (κ2) is 45.0. The standard InChI is InChI=1S/C50H87N2O6P/c1-3-5-7-9-11-13-15-17-19-21-22-23-24-25-26-28-30-32-34-36-38-40-42-44-50(54)52-48(47-58-59(55,56)57-46-45-51)49(53)43-41-39-37-35-33-31-29-27-20-18-16-14-12-10-8-6-4-2/h5,7,11,13,17,19,22-23,25-26,30,32-33,35,41,43,48-49,53H,3-4,6,8-10,12,14-16,18,20-21,24,27-29,31,34,36-40,42,44-47,51H2,1-2H3,(H,52,54)(H,55,56)/b7-5-,13-11-,19-17-,23-22-,26-25-,32-30-,35-33+,43-41+. The number of hydrogen-bond acceptors (Lipinski definition) is 6. The van der Waals surface area contributed by atoms with Crippen molar-refractivity contribution in [3.63, 3.8) is 0 Å². The highest BCUT2D eigenvalue weighted by Gasteiger charge is 2.26. The molecule has 0 aliphatic heterocycles. The van der Waals surface area contributed by atoms with E-state index in [9.17, 15) is 19.4 Å². The average Bonchev–Trinajstić information content (AvgIpc) is 3.22. The quantitative estimate of drug-likeness (QED) is 0.0273. The summed E-state index contributed by atoms with van der Waals surface area (Å²) in [7, 11) is -4.36. The summed E-state index contributed by atoms with van der Waals surface area (Å²) in [6, 6.07) is -0.898. The fourth-order valence-corrected chi connectivity index (χ4v) is 6.91. The molecule has 0 radical (unpaired) electrons. The van der Waals surface area contributed by atoms with Crippen molar-refractivity contribution in [2.24, 2.45) is 5.73 Å². The predicted molar refractivity (Wildman–Crippen MR) is 253 cm³/mol. The van der Waals surface area contributed by atoms with Crippen molar-refractivity contribution in [3.05, 3.63) is 97.2 Å². The first-order chi connectivity index (χ1) is 28.9. The van der Waals surface area contributed by atoms with Crippen molar-refractivity contribution in [2.75, 3.05) is 19.8 Å². The minimum Gasteiger partial charge on any atom is -0.387 e. The van der Waals surface area contributed by atoms with Crippen molar-refractivity contribution in [1.29, 1.82) is 0 Å². The van der Waals surface area contributed by atoms with Crippen LogP contribution in [0.3, 0.4) is 0 Å². The molecule has 338 valence electrons. The van der Waals surface area contributed by atoms with Gasteiger partial charge in [-0.3, -0.25) is 13.8 Å². The second-order valence-corrected chi connectivity index (χ2v) is 16.7. The number of unbranched alkanes of at least 4 members (excludes halogenated alkanes) is 16. The number of nitrogens with two attached hydrogens (primary N) is 1. The number of phosphoric acid groups is 1. The highest BCUT2D eigenvalue weighted by atomic mass is 31.2. The van der Waals surface area contributed by atoms with Crippen molar-refractivity contribution in [3.8, 4) is 0 Å². The van der Waals surface area contributed by atoms with Gasteiger partial charge in [0.1, 0.15) is 0 Å². The Labute approximate surface area is 362 Å². The molecule has 0 aromatic carbocycles. The van der Waals surface area contributed by atoms with Crippen molar-refractivity contribution in [1.82, 2.24) is 5.32 Å². The number of hydrogen-bond donors (Lipinski definition) is 4. The van der Waals surface area contributed by atoms with Crippen LogP contribution in [0, 0.1) is 0 Å². The lowest BCUT2D eigenvalue weighted by atomic mass is 10.1. The minimum atomic E-state index is -4.36. The number of phosphoric ester groups is 1. The normalized spacial score (nSPS) is 14.9. The summed E-state index contributed by atoms with van der Waals surface area (Å²) in [5.74, 6) is -0.232. The number of aliphatic hydroxyl groups excluding tert-OH is 1. The molecule has 0 spiro atoms. The number of rotatable bonds is 42. The molecule has 0 saturated carbocycles. The highest BCUT2D eigenvalue weighted by molar-refractivity contribution is 7.47. The van der Waals surface area contributed by atoms with Crippen LogP contribution in [-0.2, 0) is 18.4 Å². The molecule has 0 heterocycles. The molecule has 3 unspecified atom stereocenters. The molecule has 0 aliphatic rings. The summed E-state index contributed by atoms with van der Waals surface area (Å²) in [5.41, 5.74) is 5.38. The maximum atomic E-state index is 12.8. The largest absolute Gasteiger partial charge is 0.472 e. The van der Waals surface area contributed by atoms with E-state index < -0.39 is 20.0 Å². The zero-order valence-corrected chi connectivity index (χ0v) is 38.3. The summed E-state index contributed by atoms with van der Waals surface area (Å²) in [5, 5.41) is 13.7. The number of carbonyl (C=O) groups excluding carboxylic acids is 1. The molecular weight excluding hydrogens is 756 g/mol. The Morgan fingerprint density at radius 1 is 0.576 bits per heavy atom. The van der Waals surface area contributed by atoms with Gasteiger partial charge >= 0.3 is 7.82 Å². The summed E-state index contributed by atoms with van der Waals surface area (Å²) in [4.78, 5) is 22.7. The van der Waals surface area contributed by atoms with Gasteiger partial charge in [0.2, 0.25) is 5.91 Å². The van der Waals surface area contributed by atoms with Gasteiger partial charge in [0.25, 0.3) is 0 Å². The molecule has 1 amide bonds. The number of amides is 1. The number of aliphatic hydroxyl groups is 1. The molecule has 0 aromatic heterocycles. The topological polar surface area (TPSA) is 131 Å². The molecule has 0 fully saturated rings. The lowest BCUT2D eigenvalue weighted by molar-refractivity contribution is -0.123. The minimum absolute atomic E-state index is 0.0641. The van der Waals surface area contributed by atoms with E-state index in [1.165, 1.54) is 70.6 Å². The average molecular weight is 843 g/mol. The first kappa shape index (κ1) is 56.4. The molecular formula is C50H87N2O6P. The Hall–Kier alpha value is -2.58. The monoisotopic (exact) mass is 843 g/mol. The van der Waals surface area contributed by atoms with E-state index in [1.54, 1.807) is 6.08 Å². The molecule has 0 aromatic rings. The SMILES string of the molecule is CC/C=C\C/C=C\C/C=C\C/C=C\C/C=C\C/C=C\CCCCCCC(=O)NC(COP(=O)(O)OCCN)C(O)/C=C/CC/C=C/CCCCCCCCCCCCC. The maximum absolute atomic E-state index is 12.8. The van der Waals surface area contributed by atoms with E-state index in [0.717, 1.165) is 89.9 Å². The fourth-order valence-electron chi connectivity index (χ4n) is 6.15. The van der Waals surface area contributed by atoms with Crippen LogP contribution in [0.2, 0.25) is 0 Å². The van der Waals surface area contributed by atoms with Gasteiger partial charge in [0.05, 0.1) is 25.4 Å². The third kappa shape index (κ3) is 43.3. The van der Waals surface area contributed by atoms with Crippen LogP contribution in [0.5, 0.6) is 0 Å². The molecule has 0 bridgehead atoms. The van der Waals surface area contributed by atoms with Gasteiger partial charge in [-0.25, -0.2) is 4.57 Å². The van der Waals surface area contributed by atoms with Crippen LogP contribution in [0.4, 0.5) is 0 Å². The van der Waals surface area contributed by atoms with Crippen LogP contribution >= 0.6 is 7.82 Å². The van der Waals surface area contributed by atoms with E-state index in [1.807, 2.05) is 6.08 Å². The summed E-state index contributed by atoms with van der Waals surface area (Å²) < 4.78 is 22.1. The van der Waals surface area contributed by atoms with Gasteiger partial charge in [-0.05, 0) is 83.5 Å². The van der Waals surface area contributed by atoms with Crippen LogP contribution in [-0.4, -0.2) is 47.8 Å². The van der Waals surface area contributed by atoms with Crippen molar-refractivity contribution >= 4 is 13.7 Å². The van der Waals surface area contributed by atoms with Gasteiger partial charge in [-0.2, -0.15) is 0 Å². The van der Waals surface area contributed by atoms with Gasteiger partial charge < -0.3 is 21.1 Å². The number of nitrogens with one attached hydrogen (secondary N) is 1. The van der Waals surface area contributed by atoms with E-state index in [2.05, 4.69) is 104 Å². The van der Waals surface area contributed by atoms with Crippen LogP contribution < -0.4 is 11.1 Å². The highest BCUT2D eigenvalue weighted by Crippen LogP contribution is 2.43. The summed E-state index contributed by atoms with van der Waals surface area (Å²) in [6.07, 6.45) is 61.7. The maximum Gasteiger partial charge on any atom is 0.472 e. The Morgan fingerprint density at radius 3 is 1.51 bits per heavy atom. The van der Waals surface area contributed by atoms with Crippen LogP contribution in [0.1, 0.15) is 181 Å². The number of carbonyl (C=O) groups is 1. The predicted octanol–water partition coefficient (Wildman–Crippen LogP) is 13.6. The summed E-state index contributed by atoms with van der Waals surface area (Å²) >= 11 is 0. The smallest absolute Gasteiger partial charge is 0.387 e. The van der Waals surface area contributed by atoms with Gasteiger partial charge in [-0.15, -0.1) is 0 Å². The first-order valence-electron chi connectivity index (χ1n) is 23.4. The zero-order chi connectivity index (χ0) is 43.2. The lowest BCUT2D eigenvalue weighted by Gasteiger charge is -2.23. The second-order valence-electron chi connectivity index (χ2n) is 15.2. The Balaban J connectivity index is 4.30. The van der Waals surface area contributed by atoms with Gasteiger partial charge in [0.15, 0.2) is 0 Å². The van der Waals surface area contributed by atoms with Crippen molar-refractivity contribution < 1.29 is 28.4 Å². The molecule has 0 rings (SSSR count). The molecule has 0 saturated heterocycles. The van der Waals surface area contributed by atoms with Gasteiger partial charge in [-0.1, -0.05) is 188 Å². The zero-order valence-electron chi connectivity index (χ0n) is 37.5. The Kier molecular flexibility index (Phi) is 43.0. The Bertz CT molecular complexity index is 1240. The van der Waals surface area contributed by atoms with E-state index in [0.29, 0.717) is 6.42 Å². The number of allylic oxidation sites excluding steroid dienone is 15. The van der Waals surface area contributed by atoms with E-state index >= 15 is 0 Å². The van der Waals surface area contributed by atoms with Crippen molar-refractivity contribution in [2.45, 2.75) is 193 Å².